The Balaban J connectivity index is 1.40. The zero-order valence-corrected chi connectivity index (χ0v) is 15.6. The molecule has 0 bridgehead atoms. The third-order valence-corrected chi connectivity index (χ3v) is 5.30. The van der Waals surface area contributed by atoms with Gasteiger partial charge in [0.2, 0.25) is 0 Å². The lowest BCUT2D eigenvalue weighted by Gasteiger charge is -2.31. The van der Waals surface area contributed by atoms with E-state index in [1.165, 1.54) is 6.07 Å². The molecule has 0 amide bonds. The first-order valence-electron chi connectivity index (χ1n) is 9.57. The van der Waals surface area contributed by atoms with Crippen molar-refractivity contribution in [3.05, 3.63) is 66.0 Å². The van der Waals surface area contributed by atoms with Gasteiger partial charge < -0.3 is 9.13 Å². The highest BCUT2D eigenvalue weighted by Crippen LogP contribution is 2.28. The Morgan fingerprint density at radius 1 is 1.15 bits per heavy atom. The van der Waals surface area contributed by atoms with Crippen LogP contribution in [-0.2, 0) is 19.6 Å². The second-order valence-corrected chi connectivity index (χ2v) is 7.13. The number of nitrogens with zero attached hydrogens (tertiary/aromatic N) is 6. The van der Waals surface area contributed by atoms with Gasteiger partial charge in [-0.2, -0.15) is 0 Å². The summed E-state index contributed by atoms with van der Waals surface area (Å²) < 4.78 is 17.6. The van der Waals surface area contributed by atoms with Crippen LogP contribution in [0.1, 0.15) is 42.9 Å². The van der Waals surface area contributed by atoms with E-state index in [0.717, 1.165) is 56.2 Å². The molecule has 0 spiro atoms. The Morgan fingerprint density at radius 2 is 2.00 bits per heavy atom. The summed E-state index contributed by atoms with van der Waals surface area (Å²) in [5, 5.41) is 8.97. The minimum atomic E-state index is -0.163. The van der Waals surface area contributed by atoms with E-state index in [1.807, 2.05) is 16.8 Å². The zero-order chi connectivity index (χ0) is 18.6. The van der Waals surface area contributed by atoms with Crippen LogP contribution < -0.4 is 0 Å². The van der Waals surface area contributed by atoms with Crippen molar-refractivity contribution in [3.8, 4) is 0 Å². The van der Waals surface area contributed by atoms with Crippen molar-refractivity contribution in [2.24, 2.45) is 0 Å². The van der Waals surface area contributed by atoms with E-state index in [9.17, 15) is 4.39 Å². The van der Waals surface area contributed by atoms with Crippen LogP contribution in [0, 0.1) is 5.82 Å². The molecule has 7 heteroatoms. The Morgan fingerprint density at radius 3 is 2.70 bits per heavy atom. The molecule has 4 rings (SSSR count). The molecule has 1 aliphatic rings. The summed E-state index contributed by atoms with van der Waals surface area (Å²) in [5.74, 6) is 2.34. The van der Waals surface area contributed by atoms with Gasteiger partial charge in [-0.05, 0) is 50.6 Å². The number of benzene rings is 1. The molecule has 3 heterocycles. The number of halogens is 1. The summed E-state index contributed by atoms with van der Waals surface area (Å²) in [4.78, 5) is 6.49. The summed E-state index contributed by atoms with van der Waals surface area (Å²) in [5.41, 5.74) is 1.03. The highest BCUT2D eigenvalue weighted by molar-refractivity contribution is 5.16. The van der Waals surface area contributed by atoms with Crippen molar-refractivity contribution in [1.29, 1.82) is 0 Å². The van der Waals surface area contributed by atoms with Crippen molar-refractivity contribution in [2.45, 2.75) is 45.3 Å². The van der Waals surface area contributed by atoms with E-state index < -0.39 is 0 Å². The number of aromatic nitrogens is 5. The Bertz CT molecular complexity index is 864. The predicted octanol–water partition coefficient (Wildman–Crippen LogP) is 3.06. The van der Waals surface area contributed by atoms with E-state index in [1.54, 1.807) is 24.7 Å². The Kier molecular flexibility index (Phi) is 5.29. The molecule has 0 aliphatic carbocycles. The van der Waals surface area contributed by atoms with E-state index in [4.69, 9.17) is 0 Å². The van der Waals surface area contributed by atoms with E-state index in [0.29, 0.717) is 12.5 Å². The van der Waals surface area contributed by atoms with Gasteiger partial charge in [-0.3, -0.25) is 4.90 Å². The summed E-state index contributed by atoms with van der Waals surface area (Å²) in [7, 11) is 0. The quantitative estimate of drug-likeness (QED) is 0.671. The summed E-state index contributed by atoms with van der Waals surface area (Å²) in [6.45, 7) is 6.50. The number of hydrogen-bond donors (Lipinski definition) is 0. The highest BCUT2D eigenvalue weighted by Gasteiger charge is 2.25. The lowest BCUT2D eigenvalue weighted by Crippen LogP contribution is -2.33. The first-order chi connectivity index (χ1) is 13.2. The fourth-order valence-electron chi connectivity index (χ4n) is 3.90. The molecular weight excluding hydrogens is 343 g/mol. The van der Waals surface area contributed by atoms with Gasteiger partial charge in [0.15, 0.2) is 5.82 Å². The van der Waals surface area contributed by atoms with Crippen LogP contribution in [0.4, 0.5) is 4.39 Å². The molecule has 0 atom stereocenters. The molecule has 1 aliphatic heterocycles. The van der Waals surface area contributed by atoms with E-state index in [2.05, 4.69) is 31.6 Å². The van der Waals surface area contributed by atoms with Crippen LogP contribution in [0.25, 0.3) is 0 Å². The third-order valence-electron chi connectivity index (χ3n) is 5.30. The second kappa shape index (κ2) is 8.00. The molecule has 2 aromatic heterocycles. The number of likely N-dealkylation sites (tertiary alicyclic amines) is 1. The normalized spacial score (nSPS) is 16.1. The van der Waals surface area contributed by atoms with Crippen molar-refractivity contribution >= 4 is 0 Å². The zero-order valence-electron chi connectivity index (χ0n) is 15.6. The highest BCUT2D eigenvalue weighted by atomic mass is 19.1. The molecule has 1 saturated heterocycles. The lowest BCUT2D eigenvalue weighted by atomic mass is 9.95. The van der Waals surface area contributed by atoms with Gasteiger partial charge in [0.1, 0.15) is 11.6 Å². The molecular formula is C20H25FN6. The average molecular weight is 368 g/mol. The van der Waals surface area contributed by atoms with Crippen LogP contribution in [0.5, 0.6) is 0 Å². The fraction of sp³-hybridized carbons (Fsp3) is 0.450. The first kappa shape index (κ1) is 17.9. The smallest absolute Gasteiger partial charge is 0.153 e. The van der Waals surface area contributed by atoms with Crippen LogP contribution in [0.2, 0.25) is 0 Å². The molecule has 0 radical (unpaired) electrons. The maximum Gasteiger partial charge on any atom is 0.153 e. The van der Waals surface area contributed by atoms with Crippen molar-refractivity contribution in [2.75, 3.05) is 13.1 Å². The lowest BCUT2D eigenvalue weighted by molar-refractivity contribution is 0.200. The average Bonchev–Trinajstić information content (AvgIpc) is 3.32. The largest absolute Gasteiger partial charge is 0.330 e. The van der Waals surface area contributed by atoms with Gasteiger partial charge in [-0.1, -0.05) is 12.1 Å². The number of piperidine rings is 1. The standard InChI is InChI=1S/C20H25FN6/c1-2-27-19(14-26-11-8-22-15-26)23-24-20(27)17-6-9-25(10-7-17)13-16-4-3-5-18(21)12-16/h3-5,8,11-12,15,17H,2,6-7,9-10,13-14H2,1H3. The molecule has 3 aromatic rings. The number of rotatable bonds is 6. The van der Waals surface area contributed by atoms with E-state index >= 15 is 0 Å². The molecule has 0 N–H and O–H groups in total. The summed E-state index contributed by atoms with van der Waals surface area (Å²) in [6, 6.07) is 6.89. The molecule has 0 saturated carbocycles. The van der Waals surface area contributed by atoms with E-state index in [-0.39, 0.29) is 5.82 Å². The van der Waals surface area contributed by atoms with Gasteiger partial charge in [-0.25, -0.2) is 9.37 Å². The number of hydrogen-bond acceptors (Lipinski definition) is 4. The maximum atomic E-state index is 13.4. The summed E-state index contributed by atoms with van der Waals surface area (Å²) >= 11 is 0. The van der Waals surface area contributed by atoms with Crippen LogP contribution >= 0.6 is 0 Å². The molecule has 1 fully saturated rings. The molecule has 27 heavy (non-hydrogen) atoms. The monoisotopic (exact) mass is 368 g/mol. The van der Waals surface area contributed by atoms with Crippen molar-refractivity contribution in [3.63, 3.8) is 0 Å². The SMILES string of the molecule is CCn1c(Cn2ccnc2)nnc1C1CCN(Cc2cccc(F)c2)CC1. The molecule has 0 unspecified atom stereocenters. The number of imidazole rings is 1. The van der Waals surface area contributed by atoms with Crippen LogP contribution in [0.3, 0.4) is 0 Å². The second-order valence-electron chi connectivity index (χ2n) is 7.13. The fourth-order valence-corrected chi connectivity index (χ4v) is 3.90. The van der Waals surface area contributed by atoms with Gasteiger partial charge in [0.05, 0.1) is 12.9 Å². The van der Waals surface area contributed by atoms with Gasteiger partial charge >= 0.3 is 0 Å². The van der Waals surface area contributed by atoms with Crippen molar-refractivity contribution in [1.82, 2.24) is 29.2 Å². The maximum absolute atomic E-state index is 13.4. The molecule has 142 valence electrons. The first-order valence-corrected chi connectivity index (χ1v) is 9.57. The van der Waals surface area contributed by atoms with Crippen molar-refractivity contribution < 1.29 is 4.39 Å². The van der Waals surface area contributed by atoms with Gasteiger partial charge in [0.25, 0.3) is 0 Å². The Labute approximate surface area is 158 Å². The van der Waals surface area contributed by atoms with Gasteiger partial charge in [0, 0.05) is 31.4 Å². The van der Waals surface area contributed by atoms with Crippen LogP contribution in [-0.4, -0.2) is 42.3 Å². The minimum Gasteiger partial charge on any atom is -0.330 e. The molecule has 1 aromatic carbocycles. The third kappa shape index (κ3) is 4.08. The van der Waals surface area contributed by atoms with Crippen LogP contribution in [0.15, 0.2) is 43.0 Å². The molecule has 6 nitrogen and oxygen atoms in total. The van der Waals surface area contributed by atoms with Gasteiger partial charge in [-0.15, -0.1) is 10.2 Å². The summed E-state index contributed by atoms with van der Waals surface area (Å²) in [6.07, 6.45) is 7.64. The Hall–Kier alpha value is -2.54. The topological polar surface area (TPSA) is 51.8 Å². The predicted molar refractivity (Wildman–Crippen MR) is 101 cm³/mol. The minimum absolute atomic E-state index is 0.163.